The number of furan rings is 2. The van der Waals surface area contributed by atoms with Crippen LogP contribution in [-0.4, -0.2) is 29.9 Å². The van der Waals surface area contributed by atoms with E-state index in [2.05, 4.69) is 126 Å². The predicted octanol–water partition coefficient (Wildman–Crippen LogP) is 14.3. The predicted molar refractivity (Wildman–Crippen MR) is 243 cm³/mol. The molecule has 0 N–H and O–H groups in total. The number of hydrogen-bond donors (Lipinski definition) is 0. The molecule has 10 aromatic rings. The zero-order chi connectivity index (χ0) is 42.0. The van der Waals surface area contributed by atoms with Gasteiger partial charge in [-0.1, -0.05) is 37.6 Å². The van der Waals surface area contributed by atoms with Crippen LogP contribution in [0.5, 0.6) is 0 Å². The molecule has 0 radical (unpaired) electrons. The average molecular weight is 916 g/mol. The van der Waals surface area contributed by atoms with E-state index in [4.69, 9.17) is 20.4 Å². The van der Waals surface area contributed by atoms with E-state index in [0.29, 0.717) is 22.4 Å². The summed E-state index contributed by atoms with van der Waals surface area (Å²) in [5.41, 5.74) is 13.8. The maximum atomic E-state index is 6.21. The molecule has 4 aromatic carbocycles. The molecular weight excluding hydrogens is 873 g/mol. The number of nitrogens with zero attached hydrogens (tertiary/aromatic N) is 6. The van der Waals surface area contributed by atoms with Crippen molar-refractivity contribution in [1.82, 2.24) is 29.9 Å². The molecule has 59 heavy (non-hydrogen) atoms. The third-order valence-electron chi connectivity index (χ3n) is 9.88. The molecule has 6 heterocycles. The van der Waals surface area contributed by atoms with Crippen LogP contribution in [0.3, 0.4) is 0 Å². The quantitative estimate of drug-likeness (QED) is 0.128. The molecular formula is C48H42BrClN6O2Zn. The van der Waals surface area contributed by atoms with Crippen molar-refractivity contribution >= 4 is 91.2 Å². The van der Waals surface area contributed by atoms with Crippen LogP contribution in [0.4, 0.5) is 0 Å². The Kier molecular flexibility index (Phi) is 12.8. The van der Waals surface area contributed by atoms with Crippen molar-refractivity contribution in [1.29, 1.82) is 0 Å². The molecule has 11 heteroatoms. The van der Waals surface area contributed by atoms with Crippen LogP contribution in [-0.2, 0) is 16.3 Å². The van der Waals surface area contributed by atoms with Crippen molar-refractivity contribution in [3.63, 3.8) is 0 Å². The van der Waals surface area contributed by atoms with E-state index in [0.717, 1.165) is 99.5 Å². The first-order chi connectivity index (χ1) is 28.5. The molecule has 0 aliphatic carbocycles. The summed E-state index contributed by atoms with van der Waals surface area (Å²) in [5.74, 6) is 0.457. The number of fused-ring (bicyclic) bond motifs is 8. The fourth-order valence-corrected chi connectivity index (χ4v) is 7.40. The van der Waals surface area contributed by atoms with Crippen molar-refractivity contribution in [2.45, 2.75) is 61.3 Å². The summed E-state index contributed by atoms with van der Waals surface area (Å²) in [6.45, 7) is 16.5. The summed E-state index contributed by atoms with van der Waals surface area (Å²) < 4.78 is 12.4. The zero-order valence-electron chi connectivity index (χ0n) is 34.4. The molecule has 0 fully saturated rings. The summed E-state index contributed by atoms with van der Waals surface area (Å²) in [5, 5.41) is 6.78. The molecule has 0 amide bonds. The van der Waals surface area contributed by atoms with Gasteiger partial charge in [-0.15, -0.1) is 0 Å². The Morgan fingerprint density at radius 1 is 0.559 bits per heavy atom. The van der Waals surface area contributed by atoms with E-state index in [1.807, 2.05) is 64.4 Å². The minimum absolute atomic E-state index is 0.457. The first-order valence-corrected chi connectivity index (χ1v) is 26.6. The SMILES string of the molecule is C[CH-]C.Cc1cc(-c2ncnc3cc(C(C)C)ccc23)c2oc3nc(C)ccc3c2c1.Cc1cc(-c2ncnc3cc(Cl)ccc23)c2oc3nc(C)ccc3c2c1.[Zn+][Br]. The van der Waals surface area contributed by atoms with Crippen molar-refractivity contribution in [3.8, 4) is 22.5 Å². The van der Waals surface area contributed by atoms with Crippen LogP contribution in [0.15, 0.2) is 106 Å². The maximum absolute atomic E-state index is 6.21. The summed E-state index contributed by atoms with van der Waals surface area (Å²) >= 11 is 10.4. The number of aromatic nitrogens is 6. The number of hydrogen-bond acceptors (Lipinski definition) is 8. The molecule has 0 spiro atoms. The van der Waals surface area contributed by atoms with Gasteiger partial charge < -0.3 is 15.3 Å². The van der Waals surface area contributed by atoms with E-state index in [-0.39, 0.29) is 0 Å². The zero-order valence-corrected chi connectivity index (χ0v) is 39.7. The third-order valence-corrected chi connectivity index (χ3v) is 10.1. The monoisotopic (exact) mass is 912 g/mol. The normalized spacial score (nSPS) is 11.2. The van der Waals surface area contributed by atoms with Gasteiger partial charge in [0.1, 0.15) is 23.8 Å². The molecule has 292 valence electrons. The Balaban J connectivity index is 0.000000162. The van der Waals surface area contributed by atoms with Crippen LogP contribution < -0.4 is 0 Å². The van der Waals surface area contributed by atoms with Gasteiger partial charge in [0.2, 0.25) is 11.4 Å². The van der Waals surface area contributed by atoms with Crippen molar-refractivity contribution in [2.24, 2.45) is 0 Å². The third kappa shape index (κ3) is 8.49. The second-order valence-electron chi connectivity index (χ2n) is 14.8. The Morgan fingerprint density at radius 2 is 1.00 bits per heavy atom. The van der Waals surface area contributed by atoms with Crippen LogP contribution in [0.1, 0.15) is 61.7 Å². The van der Waals surface area contributed by atoms with E-state index in [1.54, 1.807) is 12.7 Å². The van der Waals surface area contributed by atoms with Gasteiger partial charge in [-0.2, -0.15) is 13.8 Å². The fourth-order valence-electron chi connectivity index (χ4n) is 7.24. The van der Waals surface area contributed by atoms with Gasteiger partial charge in [-0.05, 0) is 123 Å². The molecule has 0 atom stereocenters. The number of rotatable bonds is 3. The molecule has 0 saturated heterocycles. The van der Waals surface area contributed by atoms with Gasteiger partial charge in [-0.3, -0.25) is 0 Å². The standard InChI is InChI=1S/C24H21N3O.C21H14ClN3O.C3H7.BrH.Zn/c1-13(2)16-6-8-18-21(11-16)25-12-26-22(18)20-10-14(3)9-19-17-7-5-15(4)27-24(17)28-23(19)20;1-11-7-16-14-5-3-12(2)25-21(14)26-20(16)17(8-11)19-15-6-4-13(22)9-18(15)23-10-24-19;1-3-2;;/h5-13H,1-4H3;3-10H,1-2H3;3H,1-2H3;1H;/q;;-1;;+2/p-1. The van der Waals surface area contributed by atoms with Gasteiger partial charge in [0.05, 0.1) is 22.4 Å². The van der Waals surface area contributed by atoms with Gasteiger partial charge in [-0.25, -0.2) is 29.9 Å². The van der Waals surface area contributed by atoms with E-state index in [1.165, 1.54) is 21.9 Å². The summed E-state index contributed by atoms with van der Waals surface area (Å²) in [6, 6.07) is 28.8. The second-order valence-corrected chi connectivity index (χ2v) is 15.2. The van der Waals surface area contributed by atoms with E-state index < -0.39 is 0 Å². The molecule has 6 aromatic heterocycles. The Labute approximate surface area is 364 Å². The topological polar surface area (TPSA) is 104 Å². The molecule has 0 saturated carbocycles. The van der Waals surface area contributed by atoms with Crippen molar-refractivity contribution in [3.05, 3.63) is 137 Å². The fraction of sp³-hybridized carbons (Fsp3) is 0.188. The van der Waals surface area contributed by atoms with Crippen molar-refractivity contribution < 1.29 is 25.2 Å². The van der Waals surface area contributed by atoms with Gasteiger partial charge >= 0.3 is 30.0 Å². The van der Waals surface area contributed by atoms with Gasteiger partial charge in [0.15, 0.2) is 0 Å². The summed E-state index contributed by atoms with van der Waals surface area (Å²) in [4.78, 5) is 27.2. The number of halogens is 2. The molecule has 0 aliphatic rings. The van der Waals surface area contributed by atoms with Crippen LogP contribution in [0.25, 0.3) is 88.5 Å². The second kappa shape index (κ2) is 18.0. The minimum atomic E-state index is 0.457. The Hall–Kier alpha value is -5.15. The van der Waals surface area contributed by atoms with E-state index >= 15 is 0 Å². The molecule has 8 nitrogen and oxygen atoms in total. The Bertz CT molecular complexity index is 3140. The average Bonchev–Trinajstić information content (AvgIpc) is 3.77. The summed E-state index contributed by atoms with van der Waals surface area (Å²) in [7, 11) is 0. The molecule has 10 rings (SSSR count). The van der Waals surface area contributed by atoms with Crippen LogP contribution >= 0.6 is 25.2 Å². The summed E-state index contributed by atoms with van der Waals surface area (Å²) in [6.07, 6.45) is 5.20. The van der Waals surface area contributed by atoms with Crippen molar-refractivity contribution in [2.75, 3.05) is 0 Å². The van der Waals surface area contributed by atoms with E-state index in [9.17, 15) is 0 Å². The van der Waals surface area contributed by atoms with Crippen LogP contribution in [0, 0.1) is 34.1 Å². The molecule has 0 bridgehead atoms. The molecule has 0 aliphatic heterocycles. The number of pyridine rings is 2. The first kappa shape index (κ1) is 42.0. The number of aryl methyl sites for hydroxylation is 4. The molecule has 0 unspecified atom stereocenters. The Morgan fingerprint density at radius 3 is 1.47 bits per heavy atom. The first-order valence-electron chi connectivity index (χ1n) is 19.3. The van der Waals surface area contributed by atoms with Gasteiger partial charge in [0, 0.05) is 59.9 Å². The van der Waals surface area contributed by atoms with Crippen LogP contribution in [0.2, 0.25) is 5.02 Å². The number of benzene rings is 4. The van der Waals surface area contributed by atoms with Gasteiger partial charge in [0.25, 0.3) is 0 Å².